The highest BCUT2D eigenvalue weighted by Gasteiger charge is 2.25. The van der Waals surface area contributed by atoms with Crippen LogP contribution in [0.15, 0.2) is 36.9 Å². The number of aliphatic carboxylic acids is 1. The number of aromatic nitrogens is 6. The molecule has 0 unspecified atom stereocenters. The van der Waals surface area contributed by atoms with Gasteiger partial charge in [-0.3, -0.25) is 38.5 Å². The number of nitrogens with two attached hydrogens (primary N) is 1. The summed E-state index contributed by atoms with van der Waals surface area (Å²) in [6, 6.07) is 5.27. The molecule has 0 aliphatic rings. The minimum Gasteiger partial charge on any atom is -0.480 e. The van der Waals surface area contributed by atoms with E-state index in [1.165, 1.54) is 21.8 Å². The van der Waals surface area contributed by atoms with E-state index < -0.39 is 35.9 Å². The molecule has 0 saturated heterocycles. The molecule has 1 amide bonds. The molecule has 0 bridgehead atoms. The van der Waals surface area contributed by atoms with E-state index in [9.17, 15) is 27.6 Å². The SMILES string of the molecule is C.CC(C)(C)OC(=O)Cn1nc(C#N)c2ccncc21.NC(=O)c1nn(CC(=O)O)c2cnccc12.O=CC(F)(F)F. The Kier molecular flexibility index (Phi) is 11.8. The number of aldehydes is 1. The van der Waals surface area contributed by atoms with Crippen molar-refractivity contribution in [1.29, 1.82) is 5.26 Å². The van der Waals surface area contributed by atoms with Crippen LogP contribution >= 0.6 is 0 Å². The number of nitrogens with zero attached hydrogens (tertiary/aromatic N) is 7. The van der Waals surface area contributed by atoms with Gasteiger partial charge in [-0.25, -0.2) is 0 Å². The zero-order valence-corrected chi connectivity index (χ0v) is 21.8. The molecule has 42 heavy (non-hydrogen) atoms. The predicted octanol–water partition coefficient (Wildman–Crippen LogP) is 2.64. The van der Waals surface area contributed by atoms with Crippen molar-refractivity contribution < 1.29 is 42.2 Å². The van der Waals surface area contributed by atoms with Crippen LogP contribution in [0, 0.1) is 11.3 Å². The average Bonchev–Trinajstić information content (AvgIpc) is 3.41. The number of pyridine rings is 2. The number of carboxylic acids is 1. The van der Waals surface area contributed by atoms with Gasteiger partial charge in [-0.05, 0) is 32.9 Å². The van der Waals surface area contributed by atoms with Gasteiger partial charge in [-0.15, -0.1) is 0 Å². The Bertz CT molecular complexity index is 1620. The third-order valence-electron chi connectivity index (χ3n) is 4.56. The van der Waals surface area contributed by atoms with Crippen molar-refractivity contribution in [2.75, 3.05) is 0 Å². The van der Waals surface area contributed by atoms with Crippen LogP contribution in [0.2, 0.25) is 0 Å². The van der Waals surface area contributed by atoms with Gasteiger partial charge in [0.25, 0.3) is 5.91 Å². The number of fused-ring (bicyclic) bond motifs is 2. The minimum absolute atomic E-state index is 0. The number of hydrogen-bond acceptors (Lipinski definition) is 10. The lowest BCUT2D eigenvalue weighted by molar-refractivity contribution is -0.156. The number of amides is 1. The first-order chi connectivity index (χ1) is 19.1. The van der Waals surface area contributed by atoms with Crippen molar-refractivity contribution in [3.63, 3.8) is 0 Å². The molecule has 224 valence electrons. The lowest BCUT2D eigenvalue weighted by atomic mass is 10.2. The fourth-order valence-electron chi connectivity index (χ4n) is 3.17. The number of halogens is 3. The molecule has 4 heterocycles. The second-order valence-corrected chi connectivity index (χ2v) is 8.91. The zero-order valence-electron chi connectivity index (χ0n) is 21.8. The third-order valence-corrected chi connectivity index (χ3v) is 4.56. The average molecular weight is 593 g/mol. The second kappa shape index (κ2) is 14.3. The molecule has 17 heteroatoms. The van der Waals surface area contributed by atoms with Crippen molar-refractivity contribution in [2.45, 2.75) is 53.1 Å². The molecule has 0 radical (unpaired) electrons. The molecular formula is C25H27F3N8O6. The minimum atomic E-state index is -4.64. The highest BCUT2D eigenvalue weighted by atomic mass is 19.4. The summed E-state index contributed by atoms with van der Waals surface area (Å²) in [5, 5.41) is 26.8. The van der Waals surface area contributed by atoms with Gasteiger partial charge in [-0.1, -0.05) is 7.43 Å². The van der Waals surface area contributed by atoms with Crippen LogP contribution in [0.4, 0.5) is 13.2 Å². The summed E-state index contributed by atoms with van der Waals surface area (Å²) in [5.74, 6) is -2.14. The quantitative estimate of drug-likeness (QED) is 0.254. The number of esters is 1. The smallest absolute Gasteiger partial charge is 0.446 e. The molecule has 4 aromatic rings. The van der Waals surface area contributed by atoms with Gasteiger partial charge in [0.2, 0.25) is 6.29 Å². The van der Waals surface area contributed by atoms with Crippen LogP contribution in [0.25, 0.3) is 21.8 Å². The zero-order chi connectivity index (χ0) is 31.0. The summed E-state index contributed by atoms with van der Waals surface area (Å²) in [6.07, 6.45) is 0.391. The lowest BCUT2D eigenvalue weighted by Crippen LogP contribution is -2.26. The fourth-order valence-corrected chi connectivity index (χ4v) is 3.17. The molecule has 0 aliphatic heterocycles. The maximum Gasteiger partial charge on any atom is 0.446 e. The molecule has 4 aromatic heterocycles. The topological polar surface area (TPSA) is 209 Å². The van der Waals surface area contributed by atoms with Crippen molar-refractivity contribution in [3.05, 3.63) is 48.3 Å². The number of hydrogen-bond donors (Lipinski definition) is 2. The Morgan fingerprint density at radius 3 is 1.98 bits per heavy atom. The van der Waals surface area contributed by atoms with E-state index in [1.54, 1.807) is 45.3 Å². The number of carboxylic acid groups (broad SMARTS) is 1. The van der Waals surface area contributed by atoms with E-state index in [4.69, 9.17) is 25.6 Å². The van der Waals surface area contributed by atoms with E-state index in [0.717, 1.165) is 0 Å². The van der Waals surface area contributed by atoms with Gasteiger partial charge in [0.1, 0.15) is 24.8 Å². The number of primary amides is 1. The summed E-state index contributed by atoms with van der Waals surface area (Å²) in [6.45, 7) is 5.02. The number of carbonyl (C=O) groups is 4. The van der Waals surface area contributed by atoms with E-state index in [2.05, 4.69) is 20.2 Å². The van der Waals surface area contributed by atoms with Crippen LogP contribution in [0.1, 0.15) is 44.4 Å². The fraction of sp³-hybridized carbons (Fsp3) is 0.320. The first-order valence-corrected chi connectivity index (χ1v) is 11.3. The van der Waals surface area contributed by atoms with Crippen LogP contribution < -0.4 is 5.73 Å². The Labute approximate surface area is 236 Å². The summed E-state index contributed by atoms with van der Waals surface area (Å²) in [4.78, 5) is 50.0. The predicted molar refractivity (Wildman–Crippen MR) is 141 cm³/mol. The summed E-state index contributed by atoms with van der Waals surface area (Å²) >= 11 is 0. The van der Waals surface area contributed by atoms with Crippen LogP contribution in [0.3, 0.4) is 0 Å². The molecule has 4 rings (SSSR count). The molecule has 0 aliphatic carbocycles. The number of alkyl halides is 3. The Hall–Kier alpha value is -5.40. The van der Waals surface area contributed by atoms with Gasteiger partial charge in [0.05, 0.1) is 23.4 Å². The number of ether oxygens (including phenoxy) is 1. The molecule has 0 spiro atoms. The van der Waals surface area contributed by atoms with E-state index in [1.807, 2.05) is 6.07 Å². The van der Waals surface area contributed by atoms with Crippen molar-refractivity contribution in [1.82, 2.24) is 29.5 Å². The molecule has 0 saturated carbocycles. The monoisotopic (exact) mass is 592 g/mol. The standard InChI is InChI=1S/C13H14N4O2.C9H8N4O3.C2HF3O.CH4/c1-13(2,3)19-12(18)8-17-11-7-15-5-4-9(11)10(6-14)16-17;10-9(16)8-5-1-2-11-3-6(5)13(12-8)4-7(14)15;3-2(4,5)1-6;/h4-5,7H,8H2,1-3H3;1-3H,4H2,(H2,10,16)(H,14,15);1H;1H4. The van der Waals surface area contributed by atoms with Gasteiger partial charge >= 0.3 is 18.1 Å². The third kappa shape index (κ3) is 9.97. The van der Waals surface area contributed by atoms with Crippen LogP contribution in [-0.4, -0.2) is 70.5 Å². The normalized spacial score (nSPS) is 10.7. The number of carbonyl (C=O) groups excluding carboxylic acids is 3. The van der Waals surface area contributed by atoms with E-state index >= 15 is 0 Å². The van der Waals surface area contributed by atoms with Crippen molar-refractivity contribution in [3.8, 4) is 6.07 Å². The van der Waals surface area contributed by atoms with E-state index in [-0.39, 0.29) is 31.9 Å². The van der Waals surface area contributed by atoms with E-state index in [0.29, 0.717) is 21.8 Å². The number of nitriles is 1. The van der Waals surface area contributed by atoms with Gasteiger partial charge in [0, 0.05) is 23.2 Å². The van der Waals surface area contributed by atoms with Crippen LogP contribution in [0.5, 0.6) is 0 Å². The first kappa shape index (κ1) is 34.6. The first-order valence-electron chi connectivity index (χ1n) is 11.3. The molecule has 0 atom stereocenters. The van der Waals surface area contributed by atoms with Gasteiger partial charge in [-0.2, -0.15) is 28.6 Å². The number of rotatable bonds is 5. The van der Waals surface area contributed by atoms with Crippen molar-refractivity contribution >= 4 is 45.9 Å². The Morgan fingerprint density at radius 1 is 1.02 bits per heavy atom. The van der Waals surface area contributed by atoms with Crippen LogP contribution in [-0.2, 0) is 32.2 Å². The molecular weight excluding hydrogens is 565 g/mol. The van der Waals surface area contributed by atoms with Crippen molar-refractivity contribution in [2.24, 2.45) is 5.73 Å². The second-order valence-electron chi connectivity index (χ2n) is 8.91. The molecule has 0 aromatic carbocycles. The molecule has 14 nitrogen and oxygen atoms in total. The molecule has 0 fully saturated rings. The largest absolute Gasteiger partial charge is 0.480 e. The maximum atomic E-state index is 11.8. The highest BCUT2D eigenvalue weighted by molar-refractivity contribution is 6.04. The Balaban J connectivity index is 0.000000349. The van der Waals surface area contributed by atoms with Gasteiger partial charge < -0.3 is 15.6 Å². The summed E-state index contributed by atoms with van der Waals surface area (Å²) in [7, 11) is 0. The Morgan fingerprint density at radius 2 is 1.52 bits per heavy atom. The molecule has 3 N–H and O–H groups in total. The summed E-state index contributed by atoms with van der Waals surface area (Å²) in [5.41, 5.74) is 6.04. The maximum absolute atomic E-state index is 11.8. The van der Waals surface area contributed by atoms with Gasteiger partial charge in [0.15, 0.2) is 11.4 Å². The lowest BCUT2D eigenvalue weighted by Gasteiger charge is -2.19. The highest BCUT2D eigenvalue weighted by Crippen LogP contribution is 2.18. The summed E-state index contributed by atoms with van der Waals surface area (Å²) < 4.78 is 39.1.